The van der Waals surface area contributed by atoms with Gasteiger partial charge in [-0.1, -0.05) is 30.3 Å². The summed E-state index contributed by atoms with van der Waals surface area (Å²) in [5, 5.41) is 10.3. The lowest BCUT2D eigenvalue weighted by molar-refractivity contribution is -0.146. The Hall–Kier alpha value is -1.66. The number of carbonyl (C=O) groups is 1. The summed E-state index contributed by atoms with van der Waals surface area (Å²) < 4.78 is 25.7. The van der Waals surface area contributed by atoms with Crippen LogP contribution in [0.15, 0.2) is 35.7 Å². The highest BCUT2D eigenvalue weighted by Crippen LogP contribution is 2.32. The standard InChI is InChI=1S/C14H17NO4S/c1-14(13(16)17)9-5-10-15(14)20(18,19)11-8-12-6-3-2-4-7-12/h2-4,6-8,11H,5,9-10H2,1H3,(H,16,17). The van der Waals surface area contributed by atoms with E-state index in [1.807, 2.05) is 18.2 Å². The molecule has 1 aliphatic heterocycles. The van der Waals surface area contributed by atoms with Crippen molar-refractivity contribution >= 4 is 22.1 Å². The second-order valence-corrected chi connectivity index (χ2v) is 6.76. The van der Waals surface area contributed by atoms with Crippen LogP contribution >= 0.6 is 0 Å². The number of hydrogen-bond acceptors (Lipinski definition) is 3. The second-order valence-electron chi connectivity index (χ2n) is 5.01. The predicted octanol–water partition coefficient (Wildman–Crippen LogP) is 1.93. The Morgan fingerprint density at radius 2 is 2.00 bits per heavy atom. The first-order chi connectivity index (χ1) is 9.36. The van der Waals surface area contributed by atoms with Crippen molar-refractivity contribution in [1.82, 2.24) is 4.31 Å². The van der Waals surface area contributed by atoms with Gasteiger partial charge in [-0.2, -0.15) is 4.31 Å². The van der Waals surface area contributed by atoms with E-state index < -0.39 is 21.5 Å². The maximum atomic E-state index is 12.3. The quantitative estimate of drug-likeness (QED) is 0.921. The summed E-state index contributed by atoms with van der Waals surface area (Å²) in [4.78, 5) is 11.3. The van der Waals surface area contributed by atoms with Gasteiger partial charge in [0, 0.05) is 12.0 Å². The molecule has 1 N–H and O–H groups in total. The third kappa shape index (κ3) is 2.76. The number of nitrogens with zero attached hydrogens (tertiary/aromatic N) is 1. The first-order valence-corrected chi connectivity index (χ1v) is 7.86. The van der Waals surface area contributed by atoms with Crippen molar-refractivity contribution in [2.24, 2.45) is 0 Å². The van der Waals surface area contributed by atoms with E-state index in [0.29, 0.717) is 12.8 Å². The largest absolute Gasteiger partial charge is 0.480 e. The minimum Gasteiger partial charge on any atom is -0.480 e. The minimum absolute atomic E-state index is 0.240. The Balaban J connectivity index is 2.27. The van der Waals surface area contributed by atoms with Crippen LogP contribution in [0.4, 0.5) is 0 Å². The third-order valence-electron chi connectivity index (χ3n) is 3.58. The smallest absolute Gasteiger partial charge is 0.324 e. The Morgan fingerprint density at radius 1 is 1.35 bits per heavy atom. The summed E-state index contributed by atoms with van der Waals surface area (Å²) in [6.07, 6.45) is 2.37. The monoisotopic (exact) mass is 295 g/mol. The summed E-state index contributed by atoms with van der Waals surface area (Å²) in [5.74, 6) is -1.10. The molecule has 6 heteroatoms. The lowest BCUT2D eigenvalue weighted by Crippen LogP contribution is -2.49. The van der Waals surface area contributed by atoms with Crippen LogP contribution in [0, 0.1) is 0 Å². The van der Waals surface area contributed by atoms with Crippen LogP contribution in [-0.2, 0) is 14.8 Å². The highest BCUT2D eigenvalue weighted by atomic mass is 32.2. The molecular weight excluding hydrogens is 278 g/mol. The summed E-state index contributed by atoms with van der Waals surface area (Å²) >= 11 is 0. The molecule has 5 nitrogen and oxygen atoms in total. The SMILES string of the molecule is CC1(C(=O)O)CCCN1S(=O)(=O)C=Cc1ccccc1. The van der Waals surface area contributed by atoms with E-state index in [0.717, 1.165) is 15.3 Å². The highest BCUT2D eigenvalue weighted by molar-refractivity contribution is 7.92. The van der Waals surface area contributed by atoms with Crippen molar-refractivity contribution in [3.05, 3.63) is 41.3 Å². The molecule has 1 saturated heterocycles. The average molecular weight is 295 g/mol. The summed E-state index contributed by atoms with van der Waals surface area (Å²) in [6, 6.07) is 9.03. The minimum atomic E-state index is -3.74. The zero-order valence-corrected chi connectivity index (χ0v) is 12.0. The van der Waals surface area contributed by atoms with Crippen LogP contribution < -0.4 is 0 Å². The summed E-state index contributed by atoms with van der Waals surface area (Å²) in [6.45, 7) is 1.69. The molecule has 0 spiro atoms. The van der Waals surface area contributed by atoms with Gasteiger partial charge in [0.05, 0.1) is 0 Å². The molecule has 1 aromatic carbocycles. The van der Waals surface area contributed by atoms with E-state index in [1.165, 1.54) is 13.0 Å². The van der Waals surface area contributed by atoms with E-state index in [-0.39, 0.29) is 6.54 Å². The second kappa shape index (κ2) is 5.38. The molecule has 1 atom stereocenters. The maximum absolute atomic E-state index is 12.3. The van der Waals surface area contributed by atoms with E-state index in [4.69, 9.17) is 0 Å². The van der Waals surface area contributed by atoms with E-state index in [1.54, 1.807) is 12.1 Å². The van der Waals surface area contributed by atoms with E-state index in [2.05, 4.69) is 0 Å². The molecule has 0 aromatic heterocycles. The molecule has 0 saturated carbocycles. The molecule has 1 heterocycles. The Bertz CT molecular complexity index is 624. The number of sulfonamides is 1. The molecule has 1 unspecified atom stereocenters. The summed E-state index contributed by atoms with van der Waals surface area (Å²) in [5.41, 5.74) is -0.591. The van der Waals surface area contributed by atoms with Gasteiger partial charge in [0.2, 0.25) is 10.0 Å². The van der Waals surface area contributed by atoms with E-state index >= 15 is 0 Å². The van der Waals surface area contributed by atoms with Gasteiger partial charge >= 0.3 is 5.97 Å². The van der Waals surface area contributed by atoms with Crippen molar-refractivity contribution in [3.8, 4) is 0 Å². The lowest BCUT2D eigenvalue weighted by atomic mass is 10.0. The summed E-state index contributed by atoms with van der Waals surface area (Å²) in [7, 11) is -3.74. The zero-order valence-electron chi connectivity index (χ0n) is 11.2. The molecule has 0 amide bonds. The van der Waals surface area contributed by atoms with Crippen molar-refractivity contribution in [1.29, 1.82) is 0 Å². The predicted molar refractivity (Wildman–Crippen MR) is 76.4 cm³/mol. The van der Waals surface area contributed by atoms with Crippen molar-refractivity contribution in [2.75, 3.05) is 6.54 Å². The van der Waals surface area contributed by atoms with Crippen LogP contribution in [0.25, 0.3) is 6.08 Å². The fourth-order valence-electron chi connectivity index (χ4n) is 2.36. The molecule has 1 fully saturated rings. The van der Waals surface area contributed by atoms with Gasteiger partial charge in [-0.3, -0.25) is 4.79 Å². The number of hydrogen-bond donors (Lipinski definition) is 1. The number of aliphatic carboxylic acids is 1. The molecule has 1 aromatic rings. The highest BCUT2D eigenvalue weighted by Gasteiger charge is 2.48. The van der Waals surface area contributed by atoms with Crippen molar-refractivity contribution < 1.29 is 18.3 Å². The third-order valence-corrected chi connectivity index (χ3v) is 5.26. The fraction of sp³-hybridized carbons (Fsp3) is 0.357. The van der Waals surface area contributed by atoms with Gasteiger partial charge < -0.3 is 5.11 Å². The normalized spacial score (nSPS) is 24.2. The molecule has 0 aliphatic carbocycles. The average Bonchev–Trinajstić information content (AvgIpc) is 2.82. The Labute approximate surface area is 118 Å². The Morgan fingerprint density at radius 3 is 2.60 bits per heavy atom. The van der Waals surface area contributed by atoms with Crippen LogP contribution in [0.5, 0.6) is 0 Å². The number of carboxylic acid groups (broad SMARTS) is 1. The number of carboxylic acids is 1. The first-order valence-electron chi connectivity index (χ1n) is 6.36. The van der Waals surface area contributed by atoms with Gasteiger partial charge in [-0.25, -0.2) is 8.42 Å². The van der Waals surface area contributed by atoms with Gasteiger partial charge in [-0.15, -0.1) is 0 Å². The van der Waals surface area contributed by atoms with Crippen LogP contribution in [0.1, 0.15) is 25.3 Å². The van der Waals surface area contributed by atoms with Crippen molar-refractivity contribution in [3.63, 3.8) is 0 Å². The van der Waals surface area contributed by atoms with Gasteiger partial charge in [0.25, 0.3) is 0 Å². The van der Waals surface area contributed by atoms with Crippen LogP contribution in [-0.4, -0.2) is 35.9 Å². The van der Waals surface area contributed by atoms with Crippen LogP contribution in [0.3, 0.4) is 0 Å². The molecule has 108 valence electrons. The number of rotatable bonds is 4. The number of benzene rings is 1. The van der Waals surface area contributed by atoms with Gasteiger partial charge in [-0.05, 0) is 31.4 Å². The topological polar surface area (TPSA) is 74.7 Å². The zero-order chi connectivity index (χ0) is 14.8. The first kappa shape index (κ1) is 14.7. The van der Waals surface area contributed by atoms with E-state index in [9.17, 15) is 18.3 Å². The van der Waals surface area contributed by atoms with Gasteiger partial charge in [0.1, 0.15) is 5.54 Å². The molecule has 0 bridgehead atoms. The maximum Gasteiger partial charge on any atom is 0.324 e. The molecular formula is C14H17NO4S. The molecule has 2 rings (SSSR count). The molecule has 20 heavy (non-hydrogen) atoms. The lowest BCUT2D eigenvalue weighted by Gasteiger charge is -2.28. The molecule has 0 radical (unpaired) electrons. The van der Waals surface area contributed by atoms with Gasteiger partial charge in [0.15, 0.2) is 0 Å². The fourth-order valence-corrected chi connectivity index (χ4v) is 3.95. The Kier molecular flexibility index (Phi) is 3.96. The molecule has 1 aliphatic rings. The van der Waals surface area contributed by atoms with Crippen LogP contribution in [0.2, 0.25) is 0 Å². The van der Waals surface area contributed by atoms with Crippen molar-refractivity contribution in [2.45, 2.75) is 25.3 Å².